The van der Waals surface area contributed by atoms with Crippen LogP contribution in [0.2, 0.25) is 0 Å². The molecule has 1 atom stereocenters. The number of aliphatic hydroxyl groups is 1. The fourth-order valence-corrected chi connectivity index (χ4v) is 2.82. The monoisotopic (exact) mass is 316 g/mol. The lowest BCUT2D eigenvalue weighted by Crippen LogP contribution is -2.24. The summed E-state index contributed by atoms with van der Waals surface area (Å²) in [7, 11) is 0. The van der Waals surface area contributed by atoms with Crippen molar-refractivity contribution in [3.8, 4) is 0 Å². The molecule has 0 aromatic heterocycles. The Morgan fingerprint density at radius 1 is 1.30 bits per heavy atom. The third-order valence-electron chi connectivity index (χ3n) is 3.93. The van der Waals surface area contributed by atoms with Gasteiger partial charge in [0.25, 0.3) is 0 Å². The smallest absolute Gasteiger partial charge is 0.168 e. The topological polar surface area (TPSA) is 84.9 Å². The van der Waals surface area contributed by atoms with E-state index in [0.717, 1.165) is 12.0 Å². The Hall–Kier alpha value is -2.30. The van der Waals surface area contributed by atoms with Crippen LogP contribution in [0.5, 0.6) is 0 Å². The van der Waals surface area contributed by atoms with Crippen molar-refractivity contribution in [1.29, 1.82) is 0 Å². The molecule has 1 aliphatic carbocycles. The maximum atomic E-state index is 12.6. The minimum atomic E-state index is -0.0810. The molecule has 0 saturated carbocycles. The summed E-state index contributed by atoms with van der Waals surface area (Å²) in [5.74, 6) is -0.000670. The number of nitrogens with zero attached hydrogens (tertiary/aromatic N) is 1. The number of carbonyl (C=O) groups excluding carboxylic acids is 1. The van der Waals surface area contributed by atoms with Crippen LogP contribution >= 0.6 is 0 Å². The van der Waals surface area contributed by atoms with Crippen molar-refractivity contribution in [2.24, 2.45) is 5.16 Å². The van der Waals surface area contributed by atoms with Gasteiger partial charge in [-0.2, -0.15) is 0 Å². The van der Waals surface area contributed by atoms with Gasteiger partial charge in [0.15, 0.2) is 5.78 Å². The minimum absolute atomic E-state index is 0.0261. The van der Waals surface area contributed by atoms with Crippen LogP contribution in [0.25, 0.3) is 0 Å². The van der Waals surface area contributed by atoms with E-state index in [4.69, 9.17) is 10.6 Å². The molecule has 1 aromatic carbocycles. The van der Waals surface area contributed by atoms with Crippen molar-refractivity contribution in [1.82, 2.24) is 0 Å². The Balaban J connectivity index is 2.27. The van der Waals surface area contributed by atoms with E-state index in [9.17, 15) is 9.90 Å². The van der Waals surface area contributed by atoms with Gasteiger partial charge in [-0.05, 0) is 37.0 Å². The number of hydrogen-bond donors (Lipinski definition) is 2. The molecular weight excluding hydrogens is 292 g/mol. The summed E-state index contributed by atoms with van der Waals surface area (Å²) in [6.07, 6.45) is 2.23. The van der Waals surface area contributed by atoms with E-state index in [0.29, 0.717) is 42.8 Å². The quantitative estimate of drug-likeness (QED) is 0.476. The Morgan fingerprint density at radius 3 is 2.57 bits per heavy atom. The van der Waals surface area contributed by atoms with Gasteiger partial charge in [0.2, 0.25) is 0 Å². The zero-order chi connectivity index (χ0) is 16.8. The van der Waals surface area contributed by atoms with E-state index in [1.165, 1.54) is 0 Å². The molecule has 5 heteroatoms. The van der Waals surface area contributed by atoms with E-state index in [2.05, 4.69) is 5.16 Å². The molecule has 3 N–H and O–H groups in total. The summed E-state index contributed by atoms with van der Waals surface area (Å²) in [6.45, 7) is 4.27. The second-order valence-corrected chi connectivity index (χ2v) is 5.72. The van der Waals surface area contributed by atoms with Crippen LogP contribution in [0.3, 0.4) is 0 Å². The highest BCUT2D eigenvalue weighted by Gasteiger charge is 2.31. The van der Waals surface area contributed by atoms with Crippen LogP contribution in [0.4, 0.5) is 5.69 Å². The van der Waals surface area contributed by atoms with E-state index < -0.39 is 0 Å². The molecule has 0 heterocycles. The van der Waals surface area contributed by atoms with E-state index in [1.807, 2.05) is 38.1 Å². The van der Waals surface area contributed by atoms with Gasteiger partial charge in [-0.15, -0.1) is 0 Å². The van der Waals surface area contributed by atoms with Gasteiger partial charge >= 0.3 is 0 Å². The molecule has 0 spiro atoms. The number of nitrogen functional groups attached to an aromatic ring is 1. The van der Waals surface area contributed by atoms with Crippen molar-refractivity contribution in [2.75, 3.05) is 12.3 Å². The van der Waals surface area contributed by atoms with Gasteiger partial charge in [-0.3, -0.25) is 4.79 Å². The molecule has 0 amide bonds. The number of Topliss-reactive ketones (excluding diaryl/α,β-unsaturated/α-hetero) is 1. The van der Waals surface area contributed by atoms with Crippen LogP contribution in [-0.2, 0) is 9.63 Å². The molecule has 23 heavy (non-hydrogen) atoms. The minimum Gasteiger partial charge on any atom is -0.511 e. The normalized spacial score (nSPS) is 19.1. The van der Waals surface area contributed by atoms with E-state index in [1.54, 1.807) is 0 Å². The fourth-order valence-electron chi connectivity index (χ4n) is 2.82. The lowest BCUT2D eigenvalue weighted by molar-refractivity contribution is -0.116. The fraction of sp³-hybridized carbons (Fsp3) is 0.444. The molecular formula is C18H24N2O3. The Kier molecular flexibility index (Phi) is 5.79. The second-order valence-electron chi connectivity index (χ2n) is 5.72. The number of ketones is 1. The lowest BCUT2D eigenvalue weighted by atomic mass is 9.81. The number of allylic oxidation sites excluding steroid dienone is 2. The molecule has 0 aliphatic heterocycles. The number of anilines is 1. The number of rotatable bonds is 6. The van der Waals surface area contributed by atoms with Crippen LogP contribution < -0.4 is 5.73 Å². The highest BCUT2D eigenvalue weighted by atomic mass is 16.6. The van der Waals surface area contributed by atoms with Crippen molar-refractivity contribution in [2.45, 2.75) is 45.4 Å². The van der Waals surface area contributed by atoms with Crippen LogP contribution in [0.1, 0.15) is 51.0 Å². The number of oxime groups is 1. The molecule has 124 valence electrons. The lowest BCUT2D eigenvalue weighted by Gasteiger charge is -2.24. The Morgan fingerprint density at radius 2 is 2.00 bits per heavy atom. The third kappa shape index (κ3) is 4.12. The summed E-state index contributed by atoms with van der Waals surface area (Å²) in [6, 6.07) is 7.45. The van der Waals surface area contributed by atoms with Crippen molar-refractivity contribution in [3.05, 3.63) is 41.2 Å². The molecule has 0 fully saturated rings. The maximum Gasteiger partial charge on any atom is 0.168 e. The van der Waals surface area contributed by atoms with Gasteiger partial charge in [-0.1, -0.05) is 30.6 Å². The van der Waals surface area contributed by atoms with Crippen LogP contribution in [0, 0.1) is 0 Å². The van der Waals surface area contributed by atoms with Crippen molar-refractivity contribution in [3.63, 3.8) is 0 Å². The van der Waals surface area contributed by atoms with Crippen molar-refractivity contribution < 1.29 is 14.7 Å². The van der Waals surface area contributed by atoms with E-state index in [-0.39, 0.29) is 17.5 Å². The third-order valence-corrected chi connectivity index (χ3v) is 3.93. The van der Waals surface area contributed by atoms with Gasteiger partial charge in [0, 0.05) is 18.5 Å². The summed E-state index contributed by atoms with van der Waals surface area (Å²) < 4.78 is 0. The first-order valence-corrected chi connectivity index (χ1v) is 8.06. The number of benzene rings is 1. The van der Waals surface area contributed by atoms with Crippen LogP contribution in [-0.4, -0.2) is 23.2 Å². The first kappa shape index (κ1) is 17.1. The van der Waals surface area contributed by atoms with Crippen LogP contribution in [0.15, 0.2) is 40.8 Å². The highest BCUT2D eigenvalue weighted by molar-refractivity contribution is 6.23. The summed E-state index contributed by atoms with van der Waals surface area (Å²) in [5.41, 5.74) is 8.28. The number of hydrogen-bond acceptors (Lipinski definition) is 5. The first-order valence-electron chi connectivity index (χ1n) is 8.06. The number of carbonyl (C=O) groups is 1. The SMILES string of the molecule is CCC/C(=N\OCC)C1=C(O)CC(c2ccc(N)cc2)CC1=O. The average molecular weight is 316 g/mol. The molecule has 0 radical (unpaired) electrons. The molecule has 1 unspecified atom stereocenters. The molecule has 0 saturated heterocycles. The van der Waals surface area contributed by atoms with Crippen molar-refractivity contribution >= 4 is 17.2 Å². The number of aliphatic hydroxyl groups excluding tert-OH is 1. The summed E-state index contributed by atoms with van der Waals surface area (Å²) in [5, 5.41) is 14.4. The second kappa shape index (κ2) is 7.81. The standard InChI is InChI=1S/C18H24N2O3/c1-3-5-15(20-23-4-2)18-16(21)10-13(11-17(18)22)12-6-8-14(19)9-7-12/h6-9,13,21H,3-5,10-11,19H2,1-2H3/b20-15+. The highest BCUT2D eigenvalue weighted by Crippen LogP contribution is 2.34. The summed E-state index contributed by atoms with van der Waals surface area (Å²) >= 11 is 0. The molecule has 1 aromatic rings. The molecule has 2 rings (SSSR count). The van der Waals surface area contributed by atoms with Gasteiger partial charge < -0.3 is 15.7 Å². The Bertz CT molecular complexity index is 618. The molecule has 1 aliphatic rings. The van der Waals surface area contributed by atoms with Gasteiger partial charge in [0.05, 0.1) is 11.3 Å². The van der Waals surface area contributed by atoms with Gasteiger partial charge in [0.1, 0.15) is 12.4 Å². The molecule has 5 nitrogen and oxygen atoms in total. The predicted molar refractivity (Wildman–Crippen MR) is 91.5 cm³/mol. The summed E-state index contributed by atoms with van der Waals surface area (Å²) in [4.78, 5) is 17.7. The average Bonchev–Trinajstić information content (AvgIpc) is 2.52. The molecule has 0 bridgehead atoms. The van der Waals surface area contributed by atoms with Gasteiger partial charge in [-0.25, -0.2) is 0 Å². The number of nitrogens with two attached hydrogens (primary N) is 1. The first-order chi connectivity index (χ1) is 11.1. The Labute approximate surface area is 136 Å². The largest absolute Gasteiger partial charge is 0.511 e. The zero-order valence-electron chi connectivity index (χ0n) is 13.7. The predicted octanol–water partition coefficient (Wildman–Crippen LogP) is 3.72. The van der Waals surface area contributed by atoms with E-state index >= 15 is 0 Å². The maximum absolute atomic E-state index is 12.6. The zero-order valence-corrected chi connectivity index (χ0v) is 13.7.